The smallest absolute Gasteiger partial charge is 0.262 e. The van der Waals surface area contributed by atoms with E-state index < -0.39 is 5.91 Å². The monoisotopic (exact) mass is 481 g/mol. The van der Waals surface area contributed by atoms with Crippen LogP contribution in [0, 0.1) is 0 Å². The van der Waals surface area contributed by atoms with Crippen molar-refractivity contribution in [1.29, 1.82) is 0 Å². The lowest BCUT2D eigenvalue weighted by atomic mass is 10.1. The summed E-state index contributed by atoms with van der Waals surface area (Å²) in [5.41, 5.74) is 7.23. The molecule has 0 fully saturated rings. The van der Waals surface area contributed by atoms with E-state index in [2.05, 4.69) is 0 Å². The van der Waals surface area contributed by atoms with Crippen LogP contribution in [0.5, 0.6) is 11.5 Å². The van der Waals surface area contributed by atoms with E-state index in [9.17, 15) is 9.59 Å². The molecule has 4 rings (SSSR count). The zero-order valence-electron chi connectivity index (χ0n) is 18.2. The first kappa shape index (κ1) is 22.9. The number of aromatic nitrogens is 2. The minimum absolute atomic E-state index is 0.0468. The number of hydrogen-bond donors (Lipinski definition) is 1. The van der Waals surface area contributed by atoms with Crippen LogP contribution in [0.4, 0.5) is 0 Å². The van der Waals surface area contributed by atoms with Gasteiger partial charge < -0.3 is 15.2 Å². The largest absolute Gasteiger partial charge is 0.493 e. The van der Waals surface area contributed by atoms with Crippen LogP contribution in [0.25, 0.3) is 20.7 Å². The number of hydrogen-bond acceptors (Lipinski definition) is 7. The first-order chi connectivity index (χ1) is 16.0. The predicted molar refractivity (Wildman–Crippen MR) is 132 cm³/mol. The van der Waals surface area contributed by atoms with E-state index in [1.807, 2.05) is 54.6 Å². The Labute approximate surface area is 199 Å². The molecule has 2 aromatic heterocycles. The van der Waals surface area contributed by atoms with Crippen molar-refractivity contribution in [3.05, 3.63) is 70.5 Å². The predicted octanol–water partition coefficient (Wildman–Crippen LogP) is 3.96. The first-order valence-electron chi connectivity index (χ1n) is 10.2. The van der Waals surface area contributed by atoms with Crippen LogP contribution < -0.4 is 20.8 Å². The van der Waals surface area contributed by atoms with E-state index in [1.165, 1.54) is 23.1 Å². The minimum atomic E-state index is -0.461. The van der Waals surface area contributed by atoms with Gasteiger partial charge in [-0.1, -0.05) is 48.2 Å². The summed E-state index contributed by atoms with van der Waals surface area (Å²) in [7, 11) is 3.17. The molecule has 0 saturated carbocycles. The van der Waals surface area contributed by atoms with E-state index in [1.54, 1.807) is 18.8 Å². The van der Waals surface area contributed by atoms with Gasteiger partial charge in [0.15, 0.2) is 16.7 Å². The number of amides is 1. The van der Waals surface area contributed by atoms with Crippen molar-refractivity contribution >= 4 is 39.2 Å². The highest BCUT2D eigenvalue weighted by Gasteiger charge is 2.16. The van der Waals surface area contributed by atoms with Crippen molar-refractivity contribution in [2.45, 2.75) is 18.1 Å². The fourth-order valence-corrected chi connectivity index (χ4v) is 5.30. The van der Waals surface area contributed by atoms with Gasteiger partial charge in [0.2, 0.25) is 5.91 Å². The molecule has 0 aliphatic carbocycles. The summed E-state index contributed by atoms with van der Waals surface area (Å²) in [5.74, 6) is 0.859. The van der Waals surface area contributed by atoms with Crippen LogP contribution in [0.2, 0.25) is 0 Å². The molecule has 0 bridgehead atoms. The highest BCUT2D eigenvalue weighted by Crippen LogP contribution is 2.32. The third-order valence-corrected chi connectivity index (χ3v) is 7.17. The molecule has 0 atom stereocenters. The van der Waals surface area contributed by atoms with Gasteiger partial charge in [-0.05, 0) is 35.7 Å². The molecular weight excluding hydrogens is 458 g/mol. The molecule has 170 valence electrons. The number of thioether (sulfide) groups is 1. The van der Waals surface area contributed by atoms with Crippen molar-refractivity contribution in [3.63, 3.8) is 0 Å². The normalized spacial score (nSPS) is 11.0. The Kier molecular flexibility index (Phi) is 7.00. The lowest BCUT2D eigenvalue weighted by Crippen LogP contribution is -2.24. The molecule has 2 heterocycles. The zero-order valence-corrected chi connectivity index (χ0v) is 19.9. The Morgan fingerprint density at radius 3 is 2.55 bits per heavy atom. The molecule has 0 radical (unpaired) electrons. The van der Waals surface area contributed by atoms with E-state index in [-0.39, 0.29) is 11.3 Å². The van der Waals surface area contributed by atoms with Gasteiger partial charge in [-0.2, -0.15) is 0 Å². The molecule has 4 aromatic rings. The summed E-state index contributed by atoms with van der Waals surface area (Å²) in [5, 5.41) is 1.04. The fraction of sp³-hybridized carbons (Fsp3) is 0.208. The number of carbonyl (C=O) groups is 1. The number of thiophene rings is 1. The highest BCUT2D eigenvalue weighted by atomic mass is 32.2. The van der Waals surface area contributed by atoms with Crippen molar-refractivity contribution in [1.82, 2.24) is 9.55 Å². The molecule has 0 unspecified atom stereocenters. The zero-order chi connectivity index (χ0) is 23.4. The van der Waals surface area contributed by atoms with Gasteiger partial charge in [-0.15, -0.1) is 11.3 Å². The number of ether oxygens (including phenoxy) is 2. The van der Waals surface area contributed by atoms with Crippen molar-refractivity contribution in [3.8, 4) is 21.9 Å². The Balaban J connectivity index is 1.71. The number of nitrogens with zero attached hydrogens (tertiary/aromatic N) is 2. The van der Waals surface area contributed by atoms with Crippen LogP contribution in [0.1, 0.15) is 5.56 Å². The molecule has 0 aliphatic heterocycles. The summed E-state index contributed by atoms with van der Waals surface area (Å²) in [6.07, 6.45) is 0.577. The van der Waals surface area contributed by atoms with Crippen molar-refractivity contribution in [2.75, 3.05) is 20.0 Å². The number of primary amides is 1. The van der Waals surface area contributed by atoms with E-state index in [0.717, 1.165) is 16.0 Å². The quantitative estimate of drug-likeness (QED) is 0.287. The Bertz CT molecular complexity index is 1350. The van der Waals surface area contributed by atoms with Crippen LogP contribution in [0.15, 0.2) is 64.5 Å². The lowest BCUT2D eigenvalue weighted by molar-refractivity contribution is -0.115. The highest BCUT2D eigenvalue weighted by molar-refractivity contribution is 7.99. The number of fused-ring (bicyclic) bond motifs is 1. The van der Waals surface area contributed by atoms with Gasteiger partial charge in [0, 0.05) is 11.4 Å². The van der Waals surface area contributed by atoms with Crippen LogP contribution >= 0.6 is 23.1 Å². The summed E-state index contributed by atoms with van der Waals surface area (Å²) >= 11 is 2.64. The van der Waals surface area contributed by atoms with E-state index >= 15 is 0 Å². The average Bonchev–Trinajstić information content (AvgIpc) is 3.27. The molecule has 1 amide bonds. The number of nitrogens with two attached hydrogens (primary N) is 1. The van der Waals surface area contributed by atoms with Crippen molar-refractivity contribution in [2.24, 2.45) is 5.73 Å². The van der Waals surface area contributed by atoms with Crippen LogP contribution in [-0.4, -0.2) is 35.4 Å². The maximum Gasteiger partial charge on any atom is 0.262 e. The van der Waals surface area contributed by atoms with Crippen LogP contribution in [-0.2, 0) is 17.8 Å². The van der Waals surface area contributed by atoms with Gasteiger partial charge in [0.25, 0.3) is 5.56 Å². The molecule has 7 nitrogen and oxygen atoms in total. The van der Waals surface area contributed by atoms with E-state index in [0.29, 0.717) is 39.8 Å². The third kappa shape index (κ3) is 5.04. The number of aryl methyl sites for hydroxylation is 1. The Hall–Kier alpha value is -3.30. The maximum absolute atomic E-state index is 13.4. The topological polar surface area (TPSA) is 96.4 Å². The summed E-state index contributed by atoms with van der Waals surface area (Å²) in [6, 6.07) is 17.4. The average molecular weight is 482 g/mol. The Morgan fingerprint density at radius 2 is 1.85 bits per heavy atom. The summed E-state index contributed by atoms with van der Waals surface area (Å²) < 4.78 is 12.3. The maximum atomic E-state index is 13.4. The number of rotatable bonds is 9. The number of carbonyl (C=O) groups excluding carboxylic acids is 1. The van der Waals surface area contributed by atoms with Gasteiger partial charge in [-0.3, -0.25) is 14.2 Å². The summed E-state index contributed by atoms with van der Waals surface area (Å²) in [4.78, 5) is 31.2. The van der Waals surface area contributed by atoms with Gasteiger partial charge in [0.1, 0.15) is 4.83 Å². The number of methoxy groups -OCH3 is 2. The molecule has 0 aliphatic rings. The molecule has 2 N–H and O–H groups in total. The lowest BCUT2D eigenvalue weighted by Gasteiger charge is -2.13. The SMILES string of the molecule is COc1ccc(CCn2c(SCC(N)=O)nc3sc(-c4ccccc4)cc3c2=O)cc1OC. The second kappa shape index (κ2) is 10.1. The fourth-order valence-electron chi connectivity index (χ4n) is 3.46. The second-order valence-electron chi connectivity index (χ2n) is 7.24. The molecule has 33 heavy (non-hydrogen) atoms. The van der Waals surface area contributed by atoms with E-state index in [4.69, 9.17) is 20.2 Å². The summed E-state index contributed by atoms with van der Waals surface area (Å²) in [6.45, 7) is 0.398. The van der Waals surface area contributed by atoms with Gasteiger partial charge >= 0.3 is 0 Å². The minimum Gasteiger partial charge on any atom is -0.493 e. The van der Waals surface area contributed by atoms with Crippen molar-refractivity contribution < 1.29 is 14.3 Å². The Morgan fingerprint density at radius 1 is 1.09 bits per heavy atom. The molecule has 0 spiro atoms. The number of benzene rings is 2. The molecular formula is C24H23N3O4S2. The first-order valence-corrected chi connectivity index (χ1v) is 12.0. The van der Waals surface area contributed by atoms with Crippen LogP contribution in [0.3, 0.4) is 0 Å². The molecule has 9 heteroatoms. The standard InChI is InChI=1S/C24H23N3O4S2/c1-30-18-9-8-15(12-19(18)31-2)10-11-27-23(29)17-13-20(16-6-4-3-5-7-16)33-22(17)26-24(27)32-14-21(25)28/h3-9,12-13H,10-11,14H2,1-2H3,(H2,25,28). The van der Waals surface area contributed by atoms with Gasteiger partial charge in [-0.25, -0.2) is 4.98 Å². The molecule has 2 aromatic carbocycles. The molecule has 0 saturated heterocycles. The van der Waals surface area contributed by atoms with Gasteiger partial charge in [0.05, 0.1) is 25.4 Å². The second-order valence-corrected chi connectivity index (χ2v) is 9.21. The third-order valence-electron chi connectivity index (χ3n) is 5.09.